The molecule has 0 saturated carbocycles. The lowest BCUT2D eigenvalue weighted by atomic mass is 10.1. The SMILES string of the molecule is CC(C)Oc1cccc([C@H](C)NC(=O)Cn2c3ccccc3c(=O)c3ccccc32)c1. The second-order valence-electron chi connectivity index (χ2n) is 7.98. The van der Waals surface area contributed by atoms with Crippen molar-refractivity contribution in [2.75, 3.05) is 0 Å². The van der Waals surface area contributed by atoms with Gasteiger partial charge in [0, 0.05) is 10.8 Å². The van der Waals surface area contributed by atoms with E-state index in [0.29, 0.717) is 10.8 Å². The fourth-order valence-electron chi connectivity index (χ4n) is 3.89. The Hall–Kier alpha value is -3.60. The first-order chi connectivity index (χ1) is 14.9. The smallest absolute Gasteiger partial charge is 0.240 e. The Morgan fingerprint density at radius 3 is 2.13 bits per heavy atom. The van der Waals surface area contributed by atoms with Crippen LogP contribution in [0.4, 0.5) is 0 Å². The molecule has 31 heavy (non-hydrogen) atoms. The molecule has 3 aromatic carbocycles. The number of ether oxygens (including phenoxy) is 1. The molecule has 1 aromatic heterocycles. The number of aromatic nitrogens is 1. The van der Waals surface area contributed by atoms with Crippen molar-refractivity contribution in [1.29, 1.82) is 0 Å². The van der Waals surface area contributed by atoms with Gasteiger partial charge in [-0.25, -0.2) is 0 Å². The van der Waals surface area contributed by atoms with Gasteiger partial charge in [-0.2, -0.15) is 0 Å². The number of nitrogens with one attached hydrogen (secondary N) is 1. The van der Waals surface area contributed by atoms with Gasteiger partial charge in [-0.3, -0.25) is 9.59 Å². The number of carbonyl (C=O) groups excluding carboxylic acids is 1. The molecule has 5 heteroatoms. The summed E-state index contributed by atoms with van der Waals surface area (Å²) < 4.78 is 7.68. The predicted molar refractivity (Wildman–Crippen MR) is 124 cm³/mol. The molecule has 4 aromatic rings. The van der Waals surface area contributed by atoms with Crippen molar-refractivity contribution in [2.24, 2.45) is 0 Å². The highest BCUT2D eigenvalue weighted by Gasteiger charge is 2.15. The maximum atomic E-state index is 13.0. The van der Waals surface area contributed by atoms with Crippen LogP contribution in [0, 0.1) is 0 Å². The Balaban J connectivity index is 1.63. The Labute approximate surface area is 181 Å². The summed E-state index contributed by atoms with van der Waals surface area (Å²) in [6.45, 7) is 6.04. The highest BCUT2D eigenvalue weighted by atomic mass is 16.5. The highest BCUT2D eigenvalue weighted by molar-refractivity contribution is 5.94. The molecule has 5 nitrogen and oxygen atoms in total. The lowest BCUT2D eigenvalue weighted by Gasteiger charge is -2.19. The summed E-state index contributed by atoms with van der Waals surface area (Å²) in [5.74, 6) is 0.660. The number of para-hydroxylation sites is 2. The van der Waals surface area contributed by atoms with Gasteiger partial charge in [0.2, 0.25) is 5.91 Å². The predicted octanol–water partition coefficient (Wildman–Crippen LogP) is 4.82. The molecule has 1 N–H and O–H groups in total. The van der Waals surface area contributed by atoms with Gasteiger partial charge in [-0.1, -0.05) is 36.4 Å². The van der Waals surface area contributed by atoms with E-state index < -0.39 is 0 Å². The van der Waals surface area contributed by atoms with Crippen molar-refractivity contribution < 1.29 is 9.53 Å². The van der Waals surface area contributed by atoms with E-state index in [-0.39, 0.29) is 30.0 Å². The van der Waals surface area contributed by atoms with Crippen LogP contribution in [0.1, 0.15) is 32.4 Å². The standard InChI is InChI=1S/C26H26N2O3/c1-17(2)31-20-10-8-9-19(15-20)18(3)27-25(29)16-28-23-13-6-4-11-21(23)26(30)22-12-5-7-14-24(22)28/h4-15,17-18H,16H2,1-3H3,(H,27,29)/t18-/m0/s1. The van der Waals surface area contributed by atoms with Crippen LogP contribution >= 0.6 is 0 Å². The van der Waals surface area contributed by atoms with Crippen molar-refractivity contribution in [3.05, 3.63) is 88.6 Å². The van der Waals surface area contributed by atoms with E-state index in [0.717, 1.165) is 22.3 Å². The molecule has 1 atom stereocenters. The Morgan fingerprint density at radius 1 is 0.903 bits per heavy atom. The molecule has 1 amide bonds. The Morgan fingerprint density at radius 2 is 1.52 bits per heavy atom. The molecule has 0 bridgehead atoms. The zero-order valence-corrected chi connectivity index (χ0v) is 18.0. The van der Waals surface area contributed by atoms with Gasteiger partial charge in [-0.05, 0) is 62.7 Å². The van der Waals surface area contributed by atoms with Crippen LogP contribution in [0.2, 0.25) is 0 Å². The average molecular weight is 415 g/mol. The number of pyridine rings is 1. The number of nitrogens with zero attached hydrogens (tertiary/aromatic N) is 1. The van der Waals surface area contributed by atoms with Gasteiger partial charge in [0.25, 0.3) is 0 Å². The van der Waals surface area contributed by atoms with Crippen molar-refractivity contribution in [2.45, 2.75) is 39.5 Å². The molecule has 158 valence electrons. The molecular weight excluding hydrogens is 388 g/mol. The monoisotopic (exact) mass is 414 g/mol. The van der Waals surface area contributed by atoms with Crippen LogP contribution < -0.4 is 15.5 Å². The third-order valence-corrected chi connectivity index (χ3v) is 5.29. The van der Waals surface area contributed by atoms with E-state index in [2.05, 4.69) is 5.32 Å². The van der Waals surface area contributed by atoms with E-state index in [1.165, 1.54) is 0 Å². The largest absolute Gasteiger partial charge is 0.491 e. The van der Waals surface area contributed by atoms with Crippen LogP contribution in [0.3, 0.4) is 0 Å². The number of fused-ring (bicyclic) bond motifs is 2. The summed E-state index contributed by atoms with van der Waals surface area (Å²) in [7, 11) is 0. The van der Waals surface area contributed by atoms with E-state index >= 15 is 0 Å². The molecule has 0 aliphatic rings. The summed E-state index contributed by atoms with van der Waals surface area (Å²) in [4.78, 5) is 25.9. The minimum absolute atomic E-state index is 0.0156. The second kappa shape index (κ2) is 8.64. The lowest BCUT2D eigenvalue weighted by Crippen LogP contribution is -2.30. The molecule has 4 rings (SSSR count). The fraction of sp³-hybridized carbons (Fsp3) is 0.231. The van der Waals surface area contributed by atoms with Gasteiger partial charge in [0.1, 0.15) is 12.3 Å². The summed E-state index contributed by atoms with van der Waals surface area (Å²) in [6, 6.07) is 22.4. The van der Waals surface area contributed by atoms with Crippen LogP contribution in [0.5, 0.6) is 5.75 Å². The molecule has 0 aliphatic heterocycles. The van der Waals surface area contributed by atoms with Gasteiger partial charge >= 0.3 is 0 Å². The maximum Gasteiger partial charge on any atom is 0.240 e. The molecule has 0 aliphatic carbocycles. The number of hydrogen-bond donors (Lipinski definition) is 1. The third-order valence-electron chi connectivity index (χ3n) is 5.29. The minimum Gasteiger partial charge on any atom is -0.491 e. The number of hydrogen-bond acceptors (Lipinski definition) is 3. The molecule has 0 spiro atoms. The van der Waals surface area contributed by atoms with Gasteiger partial charge in [0.05, 0.1) is 23.2 Å². The first-order valence-corrected chi connectivity index (χ1v) is 10.5. The molecule has 1 heterocycles. The average Bonchev–Trinajstić information content (AvgIpc) is 2.76. The molecule has 0 unspecified atom stereocenters. The second-order valence-corrected chi connectivity index (χ2v) is 7.98. The lowest BCUT2D eigenvalue weighted by molar-refractivity contribution is -0.122. The van der Waals surface area contributed by atoms with Crippen molar-refractivity contribution in [3.63, 3.8) is 0 Å². The minimum atomic E-state index is -0.180. The first kappa shape index (κ1) is 20.7. The summed E-state index contributed by atoms with van der Waals surface area (Å²) in [6.07, 6.45) is 0.0853. The van der Waals surface area contributed by atoms with E-state index in [1.54, 1.807) is 12.1 Å². The fourth-order valence-corrected chi connectivity index (χ4v) is 3.89. The van der Waals surface area contributed by atoms with Crippen molar-refractivity contribution >= 4 is 27.7 Å². The number of carbonyl (C=O) groups is 1. The van der Waals surface area contributed by atoms with Gasteiger partial charge in [-0.15, -0.1) is 0 Å². The van der Waals surface area contributed by atoms with E-state index in [4.69, 9.17) is 4.74 Å². The topological polar surface area (TPSA) is 60.3 Å². The van der Waals surface area contributed by atoms with Crippen molar-refractivity contribution in [1.82, 2.24) is 9.88 Å². The Bertz CT molecular complexity index is 1250. The zero-order valence-electron chi connectivity index (χ0n) is 18.0. The van der Waals surface area contributed by atoms with Crippen molar-refractivity contribution in [3.8, 4) is 5.75 Å². The number of benzene rings is 3. The quantitative estimate of drug-likeness (QED) is 0.460. The molecule has 0 fully saturated rings. The first-order valence-electron chi connectivity index (χ1n) is 10.5. The summed E-state index contributed by atoms with van der Waals surface area (Å²) >= 11 is 0. The van der Waals surface area contributed by atoms with Crippen LogP contribution in [0.15, 0.2) is 77.6 Å². The maximum absolute atomic E-state index is 13.0. The van der Waals surface area contributed by atoms with E-state index in [1.807, 2.05) is 86.0 Å². The van der Waals surface area contributed by atoms with Gasteiger partial charge < -0.3 is 14.6 Å². The molecular formula is C26H26N2O3. The molecule has 0 saturated heterocycles. The molecule has 0 radical (unpaired) electrons. The zero-order chi connectivity index (χ0) is 22.0. The number of amides is 1. The van der Waals surface area contributed by atoms with Crippen LogP contribution in [0.25, 0.3) is 21.8 Å². The third kappa shape index (κ3) is 4.31. The summed E-state index contributed by atoms with van der Waals surface area (Å²) in [5.41, 5.74) is 2.46. The van der Waals surface area contributed by atoms with Crippen LogP contribution in [-0.2, 0) is 11.3 Å². The normalized spacial score (nSPS) is 12.3. The van der Waals surface area contributed by atoms with E-state index in [9.17, 15) is 9.59 Å². The van der Waals surface area contributed by atoms with Crippen LogP contribution in [-0.4, -0.2) is 16.6 Å². The Kier molecular flexibility index (Phi) is 5.76. The highest BCUT2D eigenvalue weighted by Crippen LogP contribution is 2.21. The summed E-state index contributed by atoms with van der Waals surface area (Å²) in [5, 5.41) is 4.30. The number of rotatable bonds is 6. The van der Waals surface area contributed by atoms with Gasteiger partial charge in [0.15, 0.2) is 5.43 Å².